The molecule has 1 atom stereocenters. The van der Waals surface area contributed by atoms with E-state index in [0.29, 0.717) is 5.39 Å². The summed E-state index contributed by atoms with van der Waals surface area (Å²) >= 11 is 6.16. The van der Waals surface area contributed by atoms with Crippen molar-refractivity contribution in [1.82, 2.24) is 4.98 Å². The van der Waals surface area contributed by atoms with E-state index in [2.05, 4.69) is 10.3 Å². The SMILES string of the molecule is CCC(C(=O)O)c1cc(Cl)c(NC(=O)c2nccc3ccccc23)cc1F. The fourth-order valence-corrected chi connectivity index (χ4v) is 3.15. The van der Waals surface area contributed by atoms with E-state index in [1.165, 1.54) is 12.3 Å². The number of carboxylic acid groups (broad SMARTS) is 1. The van der Waals surface area contributed by atoms with E-state index in [4.69, 9.17) is 11.6 Å². The highest BCUT2D eigenvalue weighted by Crippen LogP contribution is 2.31. The maximum absolute atomic E-state index is 14.4. The molecule has 2 aromatic carbocycles. The van der Waals surface area contributed by atoms with Gasteiger partial charge in [-0.15, -0.1) is 0 Å². The number of anilines is 1. The Morgan fingerprint density at radius 3 is 2.70 bits per heavy atom. The average molecular weight is 387 g/mol. The molecule has 0 fully saturated rings. The number of aromatic nitrogens is 1. The number of halogens is 2. The first kappa shape index (κ1) is 18.8. The Bertz CT molecular complexity index is 1030. The molecule has 138 valence electrons. The highest BCUT2D eigenvalue weighted by atomic mass is 35.5. The van der Waals surface area contributed by atoms with Crippen molar-refractivity contribution in [1.29, 1.82) is 0 Å². The van der Waals surface area contributed by atoms with Crippen molar-refractivity contribution < 1.29 is 19.1 Å². The number of benzene rings is 2. The van der Waals surface area contributed by atoms with E-state index >= 15 is 0 Å². The highest BCUT2D eigenvalue weighted by Gasteiger charge is 2.23. The van der Waals surface area contributed by atoms with Gasteiger partial charge in [0.1, 0.15) is 11.5 Å². The quantitative estimate of drug-likeness (QED) is 0.656. The van der Waals surface area contributed by atoms with Gasteiger partial charge in [0.15, 0.2) is 0 Å². The molecule has 5 nitrogen and oxygen atoms in total. The molecule has 1 aromatic heterocycles. The minimum absolute atomic E-state index is 0.0173. The van der Waals surface area contributed by atoms with Gasteiger partial charge >= 0.3 is 5.97 Å². The van der Waals surface area contributed by atoms with Crippen LogP contribution in [0.5, 0.6) is 0 Å². The van der Waals surface area contributed by atoms with Gasteiger partial charge in [0.2, 0.25) is 0 Å². The molecule has 3 aromatic rings. The number of pyridine rings is 1. The second kappa shape index (κ2) is 7.72. The van der Waals surface area contributed by atoms with Crippen molar-refractivity contribution in [3.05, 3.63) is 70.8 Å². The summed E-state index contributed by atoms with van der Waals surface area (Å²) < 4.78 is 14.4. The molecule has 7 heteroatoms. The van der Waals surface area contributed by atoms with Crippen LogP contribution in [-0.4, -0.2) is 22.0 Å². The second-order valence-corrected chi connectivity index (χ2v) is 6.39. The molecule has 2 N–H and O–H groups in total. The Labute approximate surface area is 159 Å². The monoisotopic (exact) mass is 386 g/mol. The van der Waals surface area contributed by atoms with Crippen molar-refractivity contribution in [2.24, 2.45) is 0 Å². The first-order chi connectivity index (χ1) is 12.9. The molecule has 0 aliphatic rings. The maximum atomic E-state index is 14.4. The van der Waals surface area contributed by atoms with Crippen LogP contribution < -0.4 is 5.32 Å². The van der Waals surface area contributed by atoms with Crippen LogP contribution in [0.25, 0.3) is 10.8 Å². The van der Waals surface area contributed by atoms with Crippen LogP contribution in [0.2, 0.25) is 5.02 Å². The number of carboxylic acids is 1. The maximum Gasteiger partial charge on any atom is 0.311 e. The molecule has 1 amide bonds. The Morgan fingerprint density at radius 1 is 1.26 bits per heavy atom. The topological polar surface area (TPSA) is 79.3 Å². The van der Waals surface area contributed by atoms with Crippen LogP contribution in [-0.2, 0) is 4.79 Å². The van der Waals surface area contributed by atoms with Gasteiger partial charge in [-0.3, -0.25) is 14.6 Å². The zero-order valence-corrected chi connectivity index (χ0v) is 15.1. The van der Waals surface area contributed by atoms with Crippen molar-refractivity contribution in [2.45, 2.75) is 19.3 Å². The normalized spacial score (nSPS) is 12.0. The van der Waals surface area contributed by atoms with Crippen molar-refractivity contribution in [3.8, 4) is 0 Å². The van der Waals surface area contributed by atoms with Gasteiger partial charge in [-0.2, -0.15) is 0 Å². The van der Waals surface area contributed by atoms with E-state index in [-0.39, 0.29) is 28.4 Å². The van der Waals surface area contributed by atoms with Gasteiger partial charge in [0, 0.05) is 17.1 Å². The molecule has 0 spiro atoms. The van der Waals surface area contributed by atoms with Crippen LogP contribution in [0.3, 0.4) is 0 Å². The van der Waals surface area contributed by atoms with Crippen molar-refractivity contribution in [2.75, 3.05) is 5.32 Å². The summed E-state index contributed by atoms with van der Waals surface area (Å²) in [5.74, 6) is -3.42. The molecule has 0 saturated heterocycles. The highest BCUT2D eigenvalue weighted by molar-refractivity contribution is 6.34. The first-order valence-electron chi connectivity index (χ1n) is 8.29. The number of rotatable bonds is 5. The van der Waals surface area contributed by atoms with Gasteiger partial charge < -0.3 is 10.4 Å². The zero-order valence-electron chi connectivity index (χ0n) is 14.4. The third-order valence-electron chi connectivity index (χ3n) is 4.31. The summed E-state index contributed by atoms with van der Waals surface area (Å²) in [6.45, 7) is 1.65. The minimum atomic E-state index is -1.13. The van der Waals surface area contributed by atoms with Gasteiger partial charge in [-0.1, -0.05) is 42.8 Å². The Kier molecular flexibility index (Phi) is 5.37. The summed E-state index contributed by atoms with van der Waals surface area (Å²) in [5, 5.41) is 13.3. The van der Waals surface area contributed by atoms with E-state index < -0.39 is 23.6 Å². The number of amides is 1. The summed E-state index contributed by atoms with van der Waals surface area (Å²) in [4.78, 5) is 28.0. The zero-order chi connectivity index (χ0) is 19.6. The summed E-state index contributed by atoms with van der Waals surface area (Å²) in [7, 11) is 0. The fraction of sp³-hybridized carbons (Fsp3) is 0.150. The molecule has 0 bridgehead atoms. The van der Waals surface area contributed by atoms with Crippen LogP contribution >= 0.6 is 11.6 Å². The molecule has 27 heavy (non-hydrogen) atoms. The number of hydrogen-bond donors (Lipinski definition) is 2. The smallest absolute Gasteiger partial charge is 0.311 e. The van der Waals surface area contributed by atoms with Gasteiger partial charge in [0.25, 0.3) is 5.91 Å². The largest absolute Gasteiger partial charge is 0.481 e. The van der Waals surface area contributed by atoms with E-state index in [1.54, 1.807) is 25.1 Å². The van der Waals surface area contributed by atoms with E-state index in [0.717, 1.165) is 11.5 Å². The Morgan fingerprint density at radius 2 is 2.00 bits per heavy atom. The molecule has 0 radical (unpaired) electrons. The Balaban J connectivity index is 1.95. The number of fused-ring (bicyclic) bond motifs is 1. The molecule has 1 unspecified atom stereocenters. The number of hydrogen-bond acceptors (Lipinski definition) is 3. The van der Waals surface area contributed by atoms with Crippen molar-refractivity contribution >= 4 is 39.9 Å². The number of nitrogens with zero attached hydrogens (tertiary/aromatic N) is 1. The predicted octanol–water partition coefficient (Wildman–Crippen LogP) is 4.86. The lowest BCUT2D eigenvalue weighted by atomic mass is 9.96. The molecule has 3 rings (SSSR count). The van der Waals surface area contributed by atoms with E-state index in [1.807, 2.05) is 12.1 Å². The third-order valence-corrected chi connectivity index (χ3v) is 4.62. The molecular weight excluding hydrogens is 371 g/mol. The molecule has 1 heterocycles. The first-order valence-corrected chi connectivity index (χ1v) is 8.67. The molecular formula is C20H16ClFN2O3. The average Bonchev–Trinajstić information content (AvgIpc) is 2.65. The number of aliphatic carboxylic acids is 1. The summed E-state index contributed by atoms with van der Waals surface area (Å²) in [6.07, 6.45) is 1.73. The number of carbonyl (C=O) groups is 2. The number of nitrogens with one attached hydrogen (secondary N) is 1. The van der Waals surface area contributed by atoms with Crippen LogP contribution in [0.15, 0.2) is 48.7 Å². The van der Waals surface area contributed by atoms with Gasteiger partial charge in [0.05, 0.1) is 16.6 Å². The molecule has 0 saturated carbocycles. The lowest BCUT2D eigenvalue weighted by Crippen LogP contribution is -2.16. The van der Waals surface area contributed by atoms with Crippen LogP contribution in [0.1, 0.15) is 35.3 Å². The minimum Gasteiger partial charge on any atom is -0.481 e. The second-order valence-electron chi connectivity index (χ2n) is 5.99. The molecule has 0 aliphatic carbocycles. The standard InChI is InChI=1S/C20H16ClFN2O3/c1-2-12(20(26)27)14-9-15(21)17(10-16(14)22)24-19(25)18-13-6-4-3-5-11(13)7-8-23-18/h3-10,12H,2H2,1H3,(H,24,25)(H,26,27). The Hall–Kier alpha value is -2.99. The predicted molar refractivity (Wildman–Crippen MR) is 102 cm³/mol. The van der Waals surface area contributed by atoms with Gasteiger partial charge in [-0.25, -0.2) is 4.39 Å². The summed E-state index contributed by atoms with van der Waals surface area (Å²) in [5.41, 5.74) is 0.222. The number of carbonyl (C=O) groups excluding carboxylic acids is 1. The van der Waals surface area contributed by atoms with E-state index in [9.17, 15) is 19.1 Å². The van der Waals surface area contributed by atoms with Gasteiger partial charge in [-0.05, 0) is 30.0 Å². The van der Waals surface area contributed by atoms with Crippen LogP contribution in [0.4, 0.5) is 10.1 Å². The summed E-state index contributed by atoms with van der Waals surface area (Å²) in [6, 6.07) is 11.3. The lowest BCUT2D eigenvalue weighted by Gasteiger charge is -2.14. The lowest BCUT2D eigenvalue weighted by molar-refractivity contribution is -0.138. The third kappa shape index (κ3) is 3.75. The fourth-order valence-electron chi connectivity index (χ4n) is 2.93. The van der Waals surface area contributed by atoms with Crippen LogP contribution in [0, 0.1) is 5.82 Å². The molecule has 0 aliphatic heterocycles. The van der Waals surface area contributed by atoms with Crippen molar-refractivity contribution in [3.63, 3.8) is 0 Å².